The summed E-state index contributed by atoms with van der Waals surface area (Å²) in [5, 5.41) is 19.7. The molecule has 1 unspecified atom stereocenters. The van der Waals surface area contributed by atoms with Crippen molar-refractivity contribution < 1.29 is 14.8 Å². The van der Waals surface area contributed by atoms with Crippen molar-refractivity contribution in [3.05, 3.63) is 38.3 Å². The lowest BCUT2D eigenvalue weighted by molar-refractivity contribution is -0.385. The Balaban J connectivity index is 3.03. The Morgan fingerprint density at radius 1 is 1.59 bits per heavy atom. The largest absolute Gasteiger partial charge is 0.481 e. The second kappa shape index (κ2) is 5.77. The number of carboxylic acid groups (broad SMARTS) is 1. The molecular weight excluding hydrogens is 290 g/mol. The minimum Gasteiger partial charge on any atom is -0.481 e. The van der Waals surface area contributed by atoms with E-state index in [1.54, 1.807) is 19.1 Å². The summed E-state index contributed by atoms with van der Waals surface area (Å²) >= 11 is 3.15. The lowest BCUT2D eigenvalue weighted by Gasteiger charge is -2.10. The Hall–Kier alpha value is -1.43. The van der Waals surface area contributed by atoms with Crippen molar-refractivity contribution in [2.75, 3.05) is 0 Å². The highest BCUT2D eigenvalue weighted by Gasteiger charge is 2.20. The molecule has 17 heavy (non-hydrogen) atoms. The third kappa shape index (κ3) is 3.26. The predicted octanol–water partition coefficient (Wildman–Crippen LogP) is 3.01. The molecule has 0 aliphatic heterocycles. The molecule has 0 amide bonds. The molecule has 1 aromatic rings. The van der Waals surface area contributed by atoms with Crippen LogP contribution in [0.3, 0.4) is 0 Å². The highest BCUT2D eigenvalue weighted by Crippen LogP contribution is 2.30. The summed E-state index contributed by atoms with van der Waals surface area (Å²) in [4.78, 5) is 21.1. The minimum absolute atomic E-state index is 0.0391. The molecule has 0 saturated carbocycles. The quantitative estimate of drug-likeness (QED) is 0.669. The van der Waals surface area contributed by atoms with Gasteiger partial charge in [0.2, 0.25) is 0 Å². The first kappa shape index (κ1) is 13.6. The molecule has 1 aromatic carbocycles. The summed E-state index contributed by atoms with van der Waals surface area (Å²) in [6.07, 6.45) is 0.776. The van der Waals surface area contributed by atoms with Gasteiger partial charge in [0.25, 0.3) is 5.69 Å². The van der Waals surface area contributed by atoms with Crippen LogP contribution in [0.2, 0.25) is 0 Å². The molecule has 0 fully saturated rings. The predicted molar refractivity (Wildman–Crippen MR) is 65.9 cm³/mol. The maximum Gasteiger partial charge on any atom is 0.306 e. The molecule has 0 bridgehead atoms. The summed E-state index contributed by atoms with van der Waals surface area (Å²) < 4.78 is 0.365. The Kier molecular flexibility index (Phi) is 4.62. The highest BCUT2D eigenvalue weighted by molar-refractivity contribution is 9.10. The van der Waals surface area contributed by atoms with Gasteiger partial charge >= 0.3 is 5.97 Å². The van der Waals surface area contributed by atoms with Crippen LogP contribution in [0.5, 0.6) is 0 Å². The lowest BCUT2D eigenvalue weighted by atomic mass is 9.97. The maximum atomic E-state index is 10.9. The third-order valence-corrected chi connectivity index (χ3v) is 3.48. The van der Waals surface area contributed by atoms with Gasteiger partial charge in [-0.15, -0.1) is 0 Å². The van der Waals surface area contributed by atoms with Gasteiger partial charge in [0, 0.05) is 6.07 Å². The zero-order valence-corrected chi connectivity index (χ0v) is 10.8. The van der Waals surface area contributed by atoms with Gasteiger partial charge in [0.05, 0.1) is 15.3 Å². The van der Waals surface area contributed by atoms with E-state index in [9.17, 15) is 14.9 Å². The Morgan fingerprint density at radius 3 is 2.71 bits per heavy atom. The van der Waals surface area contributed by atoms with Crippen LogP contribution in [0.15, 0.2) is 22.7 Å². The molecule has 0 heterocycles. The molecule has 0 saturated heterocycles. The Morgan fingerprint density at radius 2 is 2.24 bits per heavy atom. The van der Waals surface area contributed by atoms with Crippen LogP contribution >= 0.6 is 15.9 Å². The summed E-state index contributed by atoms with van der Waals surface area (Å²) in [5.74, 6) is -1.40. The summed E-state index contributed by atoms with van der Waals surface area (Å²) in [6.45, 7) is 1.78. The Labute approximate surface area is 107 Å². The highest BCUT2D eigenvalue weighted by atomic mass is 79.9. The minimum atomic E-state index is -0.883. The molecule has 0 aliphatic rings. The molecule has 5 nitrogen and oxygen atoms in total. The van der Waals surface area contributed by atoms with E-state index in [1.165, 1.54) is 6.07 Å². The van der Waals surface area contributed by atoms with Crippen molar-refractivity contribution in [1.82, 2.24) is 0 Å². The van der Waals surface area contributed by atoms with E-state index in [0.29, 0.717) is 16.5 Å². The molecule has 1 N–H and O–H groups in total. The van der Waals surface area contributed by atoms with Crippen LogP contribution < -0.4 is 0 Å². The van der Waals surface area contributed by atoms with Crippen LogP contribution in [-0.2, 0) is 11.2 Å². The van der Waals surface area contributed by atoms with Crippen LogP contribution in [0.25, 0.3) is 0 Å². The van der Waals surface area contributed by atoms with Gasteiger partial charge in [-0.3, -0.25) is 14.9 Å². The number of aliphatic carboxylic acids is 1. The SMILES string of the molecule is CCC(Cc1cccc([N+](=O)[O-])c1Br)C(=O)O. The first-order valence-corrected chi connectivity index (χ1v) is 5.91. The van der Waals surface area contributed by atoms with Crippen LogP contribution in [0.1, 0.15) is 18.9 Å². The number of hydrogen-bond donors (Lipinski definition) is 1. The molecule has 1 atom stereocenters. The first-order chi connectivity index (χ1) is 7.97. The topological polar surface area (TPSA) is 80.4 Å². The second-order valence-corrected chi connectivity index (χ2v) is 4.45. The van der Waals surface area contributed by atoms with E-state index >= 15 is 0 Å². The van der Waals surface area contributed by atoms with Gasteiger partial charge in [0.15, 0.2) is 0 Å². The first-order valence-electron chi connectivity index (χ1n) is 5.12. The monoisotopic (exact) mass is 301 g/mol. The fourth-order valence-electron chi connectivity index (χ4n) is 1.54. The number of nitro groups is 1. The van der Waals surface area contributed by atoms with E-state index in [1.807, 2.05) is 0 Å². The van der Waals surface area contributed by atoms with Crippen LogP contribution in [0.4, 0.5) is 5.69 Å². The number of benzene rings is 1. The lowest BCUT2D eigenvalue weighted by Crippen LogP contribution is -2.15. The van der Waals surface area contributed by atoms with Crippen molar-refractivity contribution in [3.63, 3.8) is 0 Å². The number of halogens is 1. The molecule has 0 radical (unpaired) electrons. The summed E-state index contributed by atoms with van der Waals surface area (Å²) in [6, 6.07) is 4.64. The van der Waals surface area contributed by atoms with Crippen molar-refractivity contribution in [2.24, 2.45) is 5.92 Å². The zero-order chi connectivity index (χ0) is 13.0. The van der Waals surface area contributed by atoms with Gasteiger partial charge in [-0.2, -0.15) is 0 Å². The van der Waals surface area contributed by atoms with Crippen molar-refractivity contribution in [3.8, 4) is 0 Å². The number of rotatable bonds is 5. The average Bonchev–Trinajstić information content (AvgIpc) is 2.26. The van der Waals surface area contributed by atoms with E-state index < -0.39 is 16.8 Å². The average molecular weight is 302 g/mol. The smallest absolute Gasteiger partial charge is 0.306 e. The summed E-state index contributed by atoms with van der Waals surface area (Å²) in [5.41, 5.74) is 0.608. The zero-order valence-electron chi connectivity index (χ0n) is 9.22. The molecule has 0 aromatic heterocycles. The second-order valence-electron chi connectivity index (χ2n) is 3.65. The standard InChI is InChI=1S/C11H12BrNO4/c1-2-7(11(14)15)6-8-4-3-5-9(10(8)12)13(16)17/h3-5,7H,2,6H2,1H3,(H,14,15). The number of nitro benzene ring substituents is 1. The molecule has 1 rings (SSSR count). The number of nitrogens with zero attached hydrogens (tertiary/aromatic N) is 1. The van der Waals surface area contributed by atoms with E-state index in [-0.39, 0.29) is 12.1 Å². The van der Waals surface area contributed by atoms with Crippen molar-refractivity contribution in [2.45, 2.75) is 19.8 Å². The molecule has 6 heteroatoms. The van der Waals surface area contributed by atoms with Gasteiger partial charge < -0.3 is 5.11 Å². The molecule has 92 valence electrons. The van der Waals surface area contributed by atoms with E-state index in [4.69, 9.17) is 5.11 Å². The number of hydrogen-bond acceptors (Lipinski definition) is 3. The van der Waals surface area contributed by atoms with Gasteiger partial charge in [-0.05, 0) is 34.3 Å². The molecule has 0 spiro atoms. The maximum absolute atomic E-state index is 10.9. The van der Waals surface area contributed by atoms with E-state index in [2.05, 4.69) is 15.9 Å². The fraction of sp³-hybridized carbons (Fsp3) is 0.364. The van der Waals surface area contributed by atoms with Gasteiger partial charge in [-0.1, -0.05) is 19.1 Å². The Bertz CT molecular complexity index is 447. The number of carboxylic acids is 1. The van der Waals surface area contributed by atoms with Gasteiger partial charge in [-0.25, -0.2) is 0 Å². The van der Waals surface area contributed by atoms with Crippen LogP contribution in [0, 0.1) is 16.0 Å². The van der Waals surface area contributed by atoms with Crippen LogP contribution in [-0.4, -0.2) is 16.0 Å². The number of carbonyl (C=O) groups is 1. The van der Waals surface area contributed by atoms with E-state index in [0.717, 1.165) is 0 Å². The van der Waals surface area contributed by atoms with Crippen molar-refractivity contribution >= 4 is 27.6 Å². The third-order valence-electron chi connectivity index (χ3n) is 2.56. The van der Waals surface area contributed by atoms with Crippen molar-refractivity contribution in [1.29, 1.82) is 0 Å². The fourth-order valence-corrected chi connectivity index (χ4v) is 2.11. The normalized spacial score (nSPS) is 12.1. The molecule has 0 aliphatic carbocycles. The molecular formula is C11H12BrNO4. The van der Waals surface area contributed by atoms with Gasteiger partial charge in [0.1, 0.15) is 0 Å². The summed E-state index contributed by atoms with van der Waals surface area (Å²) in [7, 11) is 0.